The standard InChI is InChI=1S/C24H27N5O5S/c1-4-29(5-2)22-14-9-18(16-25-22)24(31)27-26-23(30)17-7-6-8-21(15-17)35(32,33)28-19-10-12-20(34-3)13-11-19/h6-16,28H,4-5H2,1-3H3,(H,26,30)(H,27,31). The number of amides is 2. The lowest BCUT2D eigenvalue weighted by molar-refractivity contribution is 0.0846. The van der Waals surface area contributed by atoms with Crippen LogP contribution in [0.25, 0.3) is 0 Å². The number of carbonyl (C=O) groups excluding carboxylic acids is 2. The van der Waals surface area contributed by atoms with Crippen LogP contribution >= 0.6 is 0 Å². The molecule has 1 heterocycles. The average molecular weight is 498 g/mol. The Morgan fingerprint density at radius 3 is 2.14 bits per heavy atom. The molecule has 0 atom stereocenters. The molecule has 2 aromatic carbocycles. The Labute approximate surface area is 204 Å². The fourth-order valence-corrected chi connectivity index (χ4v) is 4.29. The van der Waals surface area contributed by atoms with E-state index in [1.54, 1.807) is 36.4 Å². The summed E-state index contributed by atoms with van der Waals surface area (Å²) in [7, 11) is -2.44. The van der Waals surface area contributed by atoms with E-state index in [9.17, 15) is 18.0 Å². The third kappa shape index (κ3) is 6.48. The summed E-state index contributed by atoms with van der Waals surface area (Å²) in [6.07, 6.45) is 1.42. The summed E-state index contributed by atoms with van der Waals surface area (Å²) >= 11 is 0. The van der Waals surface area contributed by atoms with Gasteiger partial charge in [-0.1, -0.05) is 6.07 Å². The van der Waals surface area contributed by atoms with Crippen LogP contribution in [-0.2, 0) is 10.0 Å². The van der Waals surface area contributed by atoms with Crippen LogP contribution in [0.4, 0.5) is 11.5 Å². The second kappa shape index (κ2) is 11.3. The monoisotopic (exact) mass is 497 g/mol. The number of hydrogen-bond acceptors (Lipinski definition) is 7. The van der Waals surface area contributed by atoms with E-state index in [1.165, 1.54) is 37.6 Å². The van der Waals surface area contributed by atoms with Crippen LogP contribution < -0.4 is 25.2 Å². The molecule has 11 heteroatoms. The molecule has 0 saturated heterocycles. The maximum atomic E-state index is 12.7. The van der Waals surface area contributed by atoms with Crippen LogP contribution in [0, 0.1) is 0 Å². The number of aromatic nitrogens is 1. The summed E-state index contributed by atoms with van der Waals surface area (Å²) in [6.45, 7) is 5.60. The van der Waals surface area contributed by atoms with E-state index in [0.29, 0.717) is 11.4 Å². The van der Waals surface area contributed by atoms with Gasteiger partial charge in [0.25, 0.3) is 21.8 Å². The van der Waals surface area contributed by atoms with Gasteiger partial charge < -0.3 is 9.64 Å². The fourth-order valence-electron chi connectivity index (χ4n) is 3.19. The van der Waals surface area contributed by atoms with Crippen molar-refractivity contribution < 1.29 is 22.7 Å². The molecule has 0 saturated carbocycles. The molecule has 0 unspecified atom stereocenters. The number of anilines is 2. The zero-order valence-electron chi connectivity index (χ0n) is 19.6. The molecule has 0 aliphatic heterocycles. The topological polar surface area (TPSA) is 130 Å². The number of carbonyl (C=O) groups is 2. The van der Waals surface area contributed by atoms with Crippen molar-refractivity contribution in [3.05, 3.63) is 78.0 Å². The first-order valence-electron chi connectivity index (χ1n) is 10.9. The van der Waals surface area contributed by atoms with Crippen molar-refractivity contribution in [1.29, 1.82) is 0 Å². The number of sulfonamides is 1. The summed E-state index contributed by atoms with van der Waals surface area (Å²) in [6, 6.07) is 15.2. The number of hydrazine groups is 1. The molecule has 3 N–H and O–H groups in total. The zero-order valence-corrected chi connectivity index (χ0v) is 20.4. The van der Waals surface area contributed by atoms with E-state index in [2.05, 4.69) is 20.6 Å². The molecule has 10 nitrogen and oxygen atoms in total. The SMILES string of the molecule is CCN(CC)c1ccc(C(=O)NNC(=O)c2cccc(S(=O)(=O)Nc3ccc(OC)cc3)c2)cn1. The fraction of sp³-hybridized carbons (Fsp3) is 0.208. The van der Waals surface area contributed by atoms with E-state index in [1.807, 2.05) is 18.7 Å². The van der Waals surface area contributed by atoms with Crippen LogP contribution in [0.15, 0.2) is 71.8 Å². The molecule has 0 spiro atoms. The minimum Gasteiger partial charge on any atom is -0.497 e. The molecule has 0 radical (unpaired) electrons. The second-order valence-electron chi connectivity index (χ2n) is 7.35. The Hall–Kier alpha value is -4.12. The number of nitrogens with zero attached hydrogens (tertiary/aromatic N) is 2. The minimum atomic E-state index is -3.95. The number of rotatable bonds is 9. The van der Waals surface area contributed by atoms with Gasteiger partial charge in [0.1, 0.15) is 11.6 Å². The molecule has 0 fully saturated rings. The third-order valence-corrected chi connectivity index (χ3v) is 6.51. The lowest BCUT2D eigenvalue weighted by Crippen LogP contribution is -2.41. The zero-order chi connectivity index (χ0) is 25.4. The predicted molar refractivity (Wildman–Crippen MR) is 133 cm³/mol. The molecule has 184 valence electrons. The number of ether oxygens (including phenoxy) is 1. The van der Waals surface area contributed by atoms with Crippen LogP contribution in [0.2, 0.25) is 0 Å². The molecule has 3 rings (SSSR count). The number of nitrogens with one attached hydrogen (secondary N) is 3. The van der Waals surface area contributed by atoms with Crippen molar-refractivity contribution in [1.82, 2.24) is 15.8 Å². The van der Waals surface area contributed by atoms with E-state index in [-0.39, 0.29) is 16.0 Å². The van der Waals surface area contributed by atoms with Crippen LogP contribution in [0.3, 0.4) is 0 Å². The number of pyridine rings is 1. The maximum absolute atomic E-state index is 12.7. The smallest absolute Gasteiger partial charge is 0.271 e. The van der Waals surface area contributed by atoms with Gasteiger partial charge in [-0.05, 0) is 68.4 Å². The van der Waals surface area contributed by atoms with Gasteiger partial charge in [0, 0.05) is 30.5 Å². The number of benzene rings is 2. The van der Waals surface area contributed by atoms with Gasteiger partial charge in [-0.2, -0.15) is 0 Å². The molecule has 3 aromatic rings. The lowest BCUT2D eigenvalue weighted by atomic mass is 10.2. The quantitative estimate of drug-likeness (QED) is 0.388. The van der Waals surface area contributed by atoms with Crippen molar-refractivity contribution in [2.24, 2.45) is 0 Å². The van der Waals surface area contributed by atoms with Crippen LogP contribution in [0.1, 0.15) is 34.6 Å². The molecule has 1 aromatic heterocycles. The molecule has 0 aliphatic rings. The Bertz CT molecular complexity index is 1270. The molecular weight excluding hydrogens is 470 g/mol. The Morgan fingerprint density at radius 1 is 0.914 bits per heavy atom. The van der Waals surface area contributed by atoms with Crippen molar-refractivity contribution in [3.63, 3.8) is 0 Å². The molecule has 35 heavy (non-hydrogen) atoms. The molecule has 2 amide bonds. The Morgan fingerprint density at radius 2 is 1.57 bits per heavy atom. The van der Waals surface area contributed by atoms with Crippen molar-refractivity contribution >= 4 is 33.3 Å². The summed E-state index contributed by atoms with van der Waals surface area (Å²) in [4.78, 5) is 31.1. The highest BCUT2D eigenvalue weighted by atomic mass is 32.2. The average Bonchev–Trinajstić information content (AvgIpc) is 2.88. The number of hydrogen-bond donors (Lipinski definition) is 3. The van der Waals surface area contributed by atoms with Gasteiger partial charge in [0.05, 0.1) is 17.6 Å². The highest BCUT2D eigenvalue weighted by Gasteiger charge is 2.17. The summed E-state index contributed by atoms with van der Waals surface area (Å²) in [5.41, 5.74) is 5.27. The Kier molecular flexibility index (Phi) is 8.26. The van der Waals surface area contributed by atoms with E-state index in [4.69, 9.17) is 4.74 Å². The van der Waals surface area contributed by atoms with Gasteiger partial charge in [-0.3, -0.25) is 25.2 Å². The van der Waals surface area contributed by atoms with E-state index < -0.39 is 21.8 Å². The van der Waals surface area contributed by atoms with Crippen LogP contribution in [0.5, 0.6) is 5.75 Å². The number of methoxy groups -OCH3 is 1. The highest BCUT2D eigenvalue weighted by molar-refractivity contribution is 7.92. The van der Waals surface area contributed by atoms with Gasteiger partial charge >= 0.3 is 0 Å². The van der Waals surface area contributed by atoms with E-state index >= 15 is 0 Å². The van der Waals surface area contributed by atoms with Gasteiger partial charge in [-0.25, -0.2) is 13.4 Å². The van der Waals surface area contributed by atoms with Crippen molar-refractivity contribution in [2.45, 2.75) is 18.7 Å². The minimum absolute atomic E-state index is 0.0536. The van der Waals surface area contributed by atoms with E-state index in [0.717, 1.165) is 18.9 Å². The lowest BCUT2D eigenvalue weighted by Gasteiger charge is -2.19. The first-order valence-corrected chi connectivity index (χ1v) is 12.3. The first-order chi connectivity index (χ1) is 16.8. The molecule has 0 bridgehead atoms. The molecular formula is C24H27N5O5S. The molecule has 0 aliphatic carbocycles. The van der Waals surface area contributed by atoms with Crippen molar-refractivity contribution in [2.75, 3.05) is 29.8 Å². The van der Waals surface area contributed by atoms with Gasteiger partial charge in [-0.15, -0.1) is 0 Å². The van der Waals surface area contributed by atoms with Crippen LogP contribution in [-0.4, -0.2) is 45.4 Å². The summed E-state index contributed by atoms with van der Waals surface area (Å²) < 4.78 is 33.0. The second-order valence-corrected chi connectivity index (χ2v) is 9.03. The van der Waals surface area contributed by atoms with Gasteiger partial charge in [0.15, 0.2) is 0 Å². The largest absolute Gasteiger partial charge is 0.497 e. The first kappa shape index (κ1) is 25.5. The highest BCUT2D eigenvalue weighted by Crippen LogP contribution is 2.20. The Balaban J connectivity index is 1.64. The van der Waals surface area contributed by atoms with Crippen molar-refractivity contribution in [3.8, 4) is 5.75 Å². The summed E-state index contributed by atoms with van der Waals surface area (Å²) in [5.74, 6) is 0.107. The van der Waals surface area contributed by atoms with Gasteiger partial charge in [0.2, 0.25) is 0 Å². The normalized spacial score (nSPS) is 10.8. The predicted octanol–water partition coefficient (Wildman–Crippen LogP) is 2.81. The summed E-state index contributed by atoms with van der Waals surface area (Å²) in [5, 5.41) is 0. The third-order valence-electron chi connectivity index (χ3n) is 5.14. The maximum Gasteiger partial charge on any atom is 0.271 e.